The number of amides is 1. The number of piperidine rings is 1. The Hall–Kier alpha value is -1.36. The zero-order chi connectivity index (χ0) is 15.4. The van der Waals surface area contributed by atoms with Gasteiger partial charge in [0.15, 0.2) is 0 Å². The third-order valence-electron chi connectivity index (χ3n) is 3.69. The molecule has 1 aliphatic heterocycles. The molecule has 4 nitrogen and oxygen atoms in total. The second-order valence-corrected chi connectivity index (χ2v) is 6.25. The molecule has 0 spiro atoms. The molecule has 5 heteroatoms. The first-order chi connectivity index (χ1) is 10.0. The Kier molecular flexibility index (Phi) is 5.39. The number of nitrogens with zero attached hydrogens (tertiary/aromatic N) is 1. The van der Waals surface area contributed by atoms with E-state index >= 15 is 0 Å². The molecule has 2 rings (SSSR count). The van der Waals surface area contributed by atoms with Gasteiger partial charge in [-0.3, -0.25) is 9.59 Å². The molecule has 0 unspecified atom stereocenters. The van der Waals surface area contributed by atoms with Crippen molar-refractivity contribution in [2.45, 2.75) is 26.7 Å². The molecule has 1 heterocycles. The molecule has 0 N–H and O–H groups in total. The summed E-state index contributed by atoms with van der Waals surface area (Å²) in [5.41, 5.74) is 1.74. The molecule has 1 amide bonds. The molecule has 0 aliphatic carbocycles. The minimum Gasteiger partial charge on any atom is -0.466 e. The molecule has 0 radical (unpaired) electrons. The van der Waals surface area contributed by atoms with Crippen molar-refractivity contribution in [1.82, 2.24) is 4.90 Å². The maximum Gasteiger partial charge on any atom is 0.309 e. The van der Waals surface area contributed by atoms with E-state index in [1.54, 1.807) is 0 Å². The predicted octanol–water partition coefficient (Wildman–Crippen LogP) is 3.17. The van der Waals surface area contributed by atoms with Gasteiger partial charge in [-0.15, -0.1) is 0 Å². The van der Waals surface area contributed by atoms with Crippen LogP contribution in [0.1, 0.15) is 35.7 Å². The van der Waals surface area contributed by atoms with Gasteiger partial charge in [0, 0.05) is 23.1 Å². The van der Waals surface area contributed by atoms with E-state index < -0.39 is 0 Å². The van der Waals surface area contributed by atoms with Crippen molar-refractivity contribution >= 4 is 27.8 Å². The molecule has 21 heavy (non-hydrogen) atoms. The molecule has 1 aromatic rings. The minimum atomic E-state index is -0.136. The van der Waals surface area contributed by atoms with Gasteiger partial charge in [0.2, 0.25) is 0 Å². The predicted molar refractivity (Wildman–Crippen MR) is 84.1 cm³/mol. The van der Waals surface area contributed by atoms with Crippen LogP contribution in [0, 0.1) is 12.8 Å². The number of aryl methyl sites for hydroxylation is 1. The SMILES string of the molecule is CCOC(=O)C1CCN(C(=O)c2cc(C)cc(Br)c2)CC1. The lowest BCUT2D eigenvalue weighted by atomic mass is 9.96. The van der Waals surface area contributed by atoms with E-state index in [0.29, 0.717) is 38.1 Å². The fraction of sp³-hybridized carbons (Fsp3) is 0.500. The molecule has 1 aromatic carbocycles. The van der Waals surface area contributed by atoms with Gasteiger partial charge in [-0.1, -0.05) is 15.9 Å². The third kappa shape index (κ3) is 4.06. The summed E-state index contributed by atoms with van der Waals surface area (Å²) in [5.74, 6) is -0.178. The summed E-state index contributed by atoms with van der Waals surface area (Å²) in [6.07, 6.45) is 1.36. The first-order valence-corrected chi connectivity index (χ1v) is 8.03. The molecule has 1 saturated heterocycles. The fourth-order valence-electron chi connectivity index (χ4n) is 2.62. The third-order valence-corrected chi connectivity index (χ3v) is 4.15. The molecule has 1 fully saturated rings. The zero-order valence-corrected chi connectivity index (χ0v) is 14.0. The van der Waals surface area contributed by atoms with Crippen LogP contribution in [0.3, 0.4) is 0 Å². The average Bonchev–Trinajstić information content (AvgIpc) is 2.46. The Morgan fingerprint density at radius 2 is 1.95 bits per heavy atom. The molecule has 0 saturated carbocycles. The fourth-order valence-corrected chi connectivity index (χ4v) is 3.23. The number of hydrogen-bond acceptors (Lipinski definition) is 3. The van der Waals surface area contributed by atoms with Gasteiger partial charge in [-0.25, -0.2) is 0 Å². The zero-order valence-electron chi connectivity index (χ0n) is 12.4. The van der Waals surface area contributed by atoms with Gasteiger partial charge in [0.05, 0.1) is 12.5 Å². The van der Waals surface area contributed by atoms with Crippen molar-refractivity contribution < 1.29 is 14.3 Å². The van der Waals surface area contributed by atoms with Crippen molar-refractivity contribution in [3.05, 3.63) is 33.8 Å². The molecule has 0 atom stereocenters. The summed E-state index contributed by atoms with van der Waals surface area (Å²) in [6, 6.07) is 5.71. The topological polar surface area (TPSA) is 46.6 Å². The molecule has 1 aliphatic rings. The standard InChI is InChI=1S/C16H20BrNO3/c1-3-21-16(20)12-4-6-18(7-5-12)15(19)13-8-11(2)9-14(17)10-13/h8-10,12H,3-7H2,1-2H3. The summed E-state index contributed by atoms with van der Waals surface area (Å²) in [4.78, 5) is 26.0. The Morgan fingerprint density at radius 1 is 1.29 bits per heavy atom. The molecule has 0 bridgehead atoms. The van der Waals surface area contributed by atoms with Gasteiger partial charge >= 0.3 is 5.97 Å². The highest BCUT2D eigenvalue weighted by molar-refractivity contribution is 9.10. The number of halogens is 1. The van der Waals surface area contributed by atoms with E-state index in [1.165, 1.54) is 0 Å². The highest BCUT2D eigenvalue weighted by atomic mass is 79.9. The first kappa shape index (κ1) is 16.0. The lowest BCUT2D eigenvalue weighted by Gasteiger charge is -2.31. The summed E-state index contributed by atoms with van der Waals surface area (Å²) in [5, 5.41) is 0. The molecule has 114 valence electrons. The lowest BCUT2D eigenvalue weighted by molar-refractivity contribution is -0.149. The quantitative estimate of drug-likeness (QED) is 0.784. The van der Waals surface area contributed by atoms with Crippen LogP contribution in [-0.4, -0.2) is 36.5 Å². The van der Waals surface area contributed by atoms with Crippen LogP contribution >= 0.6 is 15.9 Å². The average molecular weight is 354 g/mol. The maximum atomic E-state index is 12.5. The van der Waals surface area contributed by atoms with E-state index in [9.17, 15) is 9.59 Å². The summed E-state index contributed by atoms with van der Waals surface area (Å²) in [7, 11) is 0. The maximum absolute atomic E-state index is 12.5. The van der Waals surface area contributed by atoms with E-state index in [1.807, 2.05) is 36.9 Å². The van der Waals surface area contributed by atoms with Crippen molar-refractivity contribution in [2.24, 2.45) is 5.92 Å². The van der Waals surface area contributed by atoms with Crippen LogP contribution in [0.4, 0.5) is 0 Å². The van der Waals surface area contributed by atoms with Gasteiger partial charge < -0.3 is 9.64 Å². The number of likely N-dealkylation sites (tertiary alicyclic amines) is 1. The van der Waals surface area contributed by atoms with Gasteiger partial charge in [-0.05, 0) is 50.5 Å². The van der Waals surface area contributed by atoms with E-state index in [4.69, 9.17) is 4.74 Å². The first-order valence-electron chi connectivity index (χ1n) is 7.24. The van der Waals surface area contributed by atoms with Crippen LogP contribution < -0.4 is 0 Å². The second-order valence-electron chi connectivity index (χ2n) is 5.34. The van der Waals surface area contributed by atoms with Crippen molar-refractivity contribution in [1.29, 1.82) is 0 Å². The second kappa shape index (κ2) is 7.07. The van der Waals surface area contributed by atoms with Gasteiger partial charge in [0.25, 0.3) is 5.91 Å². The number of rotatable bonds is 3. The molecular weight excluding hydrogens is 334 g/mol. The smallest absolute Gasteiger partial charge is 0.309 e. The minimum absolute atomic E-state index is 0.0294. The van der Waals surface area contributed by atoms with Crippen LogP contribution in [0.25, 0.3) is 0 Å². The van der Waals surface area contributed by atoms with E-state index in [2.05, 4.69) is 15.9 Å². The molecule has 0 aromatic heterocycles. The monoisotopic (exact) mass is 353 g/mol. The number of carbonyl (C=O) groups excluding carboxylic acids is 2. The Morgan fingerprint density at radius 3 is 2.52 bits per heavy atom. The van der Waals surface area contributed by atoms with Crippen molar-refractivity contribution in [2.75, 3.05) is 19.7 Å². The Bertz CT molecular complexity index is 516. The van der Waals surface area contributed by atoms with Gasteiger partial charge in [0.1, 0.15) is 0 Å². The van der Waals surface area contributed by atoms with E-state index in [0.717, 1.165) is 10.0 Å². The number of ether oxygens (including phenoxy) is 1. The number of hydrogen-bond donors (Lipinski definition) is 0. The highest BCUT2D eigenvalue weighted by Gasteiger charge is 2.28. The number of benzene rings is 1. The highest BCUT2D eigenvalue weighted by Crippen LogP contribution is 2.22. The number of esters is 1. The van der Waals surface area contributed by atoms with Crippen LogP contribution in [-0.2, 0) is 9.53 Å². The van der Waals surface area contributed by atoms with Crippen LogP contribution in [0.15, 0.2) is 22.7 Å². The van der Waals surface area contributed by atoms with Gasteiger partial charge in [-0.2, -0.15) is 0 Å². The van der Waals surface area contributed by atoms with Crippen molar-refractivity contribution in [3.8, 4) is 0 Å². The van der Waals surface area contributed by atoms with Crippen LogP contribution in [0.5, 0.6) is 0 Å². The van der Waals surface area contributed by atoms with E-state index in [-0.39, 0.29) is 17.8 Å². The molecular formula is C16H20BrNO3. The number of carbonyl (C=O) groups is 2. The lowest BCUT2D eigenvalue weighted by Crippen LogP contribution is -2.40. The summed E-state index contributed by atoms with van der Waals surface area (Å²) in [6.45, 7) is 5.40. The largest absolute Gasteiger partial charge is 0.466 e. The summed E-state index contributed by atoms with van der Waals surface area (Å²) < 4.78 is 5.95. The normalized spacial score (nSPS) is 15.9. The van der Waals surface area contributed by atoms with Crippen molar-refractivity contribution in [3.63, 3.8) is 0 Å². The van der Waals surface area contributed by atoms with Crippen LogP contribution in [0.2, 0.25) is 0 Å². The Balaban J connectivity index is 1.98. The summed E-state index contributed by atoms with van der Waals surface area (Å²) >= 11 is 3.42. The Labute approximate surface area is 133 Å².